The van der Waals surface area contributed by atoms with Crippen molar-refractivity contribution in [1.82, 2.24) is 0 Å². The third-order valence-corrected chi connectivity index (χ3v) is 10.1. The predicted molar refractivity (Wildman–Crippen MR) is 105 cm³/mol. The minimum atomic E-state index is -0.118. The SMILES string of the molecule is C1CCCC1.CCC[CH2][Sn][CH]1CCCC1COCCCO.[CH3-].[CH3-].[Fe+2]. The molecule has 2 fully saturated rings. The van der Waals surface area contributed by atoms with E-state index in [1.54, 1.807) is 4.44 Å². The second-order valence-corrected chi connectivity index (χ2v) is 11.2. The number of hydrogen-bond donors (Lipinski definition) is 1. The van der Waals surface area contributed by atoms with Crippen LogP contribution in [0.25, 0.3) is 0 Å². The molecule has 2 aliphatic carbocycles. The molecule has 2 nitrogen and oxygen atoms in total. The summed E-state index contributed by atoms with van der Waals surface area (Å²) in [5.41, 5.74) is 0. The van der Waals surface area contributed by atoms with E-state index in [4.69, 9.17) is 9.84 Å². The minimum Gasteiger partial charge on any atom is -0.358 e. The Morgan fingerprint density at radius 2 is 1.58 bits per heavy atom. The zero-order chi connectivity index (χ0) is 15.2. The van der Waals surface area contributed by atoms with Gasteiger partial charge in [-0.05, 0) is 0 Å². The van der Waals surface area contributed by atoms with Crippen LogP contribution in [0, 0.1) is 20.8 Å². The van der Waals surface area contributed by atoms with E-state index >= 15 is 0 Å². The molecular formula is C20H42FeO2Sn. The fraction of sp³-hybridized carbons (Fsp3) is 0.900. The van der Waals surface area contributed by atoms with Gasteiger partial charge in [-0.2, -0.15) is 0 Å². The molecule has 0 aromatic heterocycles. The molecule has 146 valence electrons. The maximum Gasteiger partial charge on any atom is 2.00 e. The van der Waals surface area contributed by atoms with Gasteiger partial charge in [0, 0.05) is 0 Å². The van der Waals surface area contributed by atoms with Crippen LogP contribution >= 0.6 is 0 Å². The summed E-state index contributed by atoms with van der Waals surface area (Å²) in [6, 6.07) is 0. The van der Waals surface area contributed by atoms with Crippen LogP contribution < -0.4 is 0 Å². The van der Waals surface area contributed by atoms with Crippen molar-refractivity contribution in [3.8, 4) is 0 Å². The van der Waals surface area contributed by atoms with Gasteiger partial charge in [0.05, 0.1) is 0 Å². The second kappa shape index (κ2) is 22.3. The normalized spacial score (nSPS) is 21.8. The van der Waals surface area contributed by atoms with Gasteiger partial charge in [0.15, 0.2) is 0 Å². The molecule has 2 atom stereocenters. The standard InChI is InChI=1S/C9H17O2.C5H10.C4H9.2CH3.Fe.Sn/c10-6-3-7-11-8-9-4-1-2-5-9;1-2-4-5-3-1;1-3-4-2;;;;/h4,9-10H,1-3,5-8H2;1-5H2;1,3-4H2,2H3;2*1H3;;/q;;;2*-1;+2;. The van der Waals surface area contributed by atoms with Gasteiger partial charge >= 0.3 is 128 Å². The first-order chi connectivity index (χ1) is 10.4. The Morgan fingerprint density at radius 1 is 0.958 bits per heavy atom. The van der Waals surface area contributed by atoms with Crippen LogP contribution in [0.5, 0.6) is 0 Å². The topological polar surface area (TPSA) is 29.5 Å². The second-order valence-electron chi connectivity index (χ2n) is 6.52. The molecule has 0 saturated heterocycles. The zero-order valence-electron chi connectivity index (χ0n) is 16.5. The largest absolute Gasteiger partial charge is 2.00 e. The summed E-state index contributed by atoms with van der Waals surface area (Å²) < 4.78 is 8.32. The molecule has 0 aromatic rings. The summed E-state index contributed by atoms with van der Waals surface area (Å²) in [6.07, 6.45) is 15.4. The summed E-state index contributed by atoms with van der Waals surface area (Å²) in [6.45, 7) is 4.28. The summed E-state index contributed by atoms with van der Waals surface area (Å²) >= 11 is -0.118. The van der Waals surface area contributed by atoms with Crippen LogP contribution in [-0.2, 0) is 21.8 Å². The van der Waals surface area contributed by atoms with Crippen LogP contribution in [0.15, 0.2) is 0 Å². The van der Waals surface area contributed by atoms with Crippen LogP contribution in [-0.4, -0.2) is 46.1 Å². The van der Waals surface area contributed by atoms with Crippen molar-refractivity contribution in [2.75, 3.05) is 19.8 Å². The monoisotopic (exact) mass is 490 g/mol. The molecule has 0 aromatic carbocycles. The van der Waals surface area contributed by atoms with Gasteiger partial charge in [-0.3, -0.25) is 0 Å². The van der Waals surface area contributed by atoms with Crippen LogP contribution in [0.4, 0.5) is 0 Å². The Kier molecular flexibility index (Phi) is 27.8. The van der Waals surface area contributed by atoms with Gasteiger partial charge in [-0.1, -0.05) is 32.1 Å². The van der Waals surface area contributed by atoms with Gasteiger partial charge in [0.2, 0.25) is 0 Å². The average Bonchev–Trinajstić information content (AvgIpc) is 3.19. The fourth-order valence-corrected chi connectivity index (χ4v) is 8.77. The molecule has 2 rings (SSSR count). The molecule has 0 spiro atoms. The summed E-state index contributed by atoms with van der Waals surface area (Å²) in [5.74, 6) is 0.877. The number of rotatable bonds is 9. The van der Waals surface area contributed by atoms with Crippen molar-refractivity contribution in [2.24, 2.45) is 5.92 Å². The Balaban J connectivity index is -0.000000475. The van der Waals surface area contributed by atoms with Crippen molar-refractivity contribution >= 4 is 21.1 Å². The molecule has 0 bridgehead atoms. The number of ether oxygens (including phenoxy) is 1. The van der Waals surface area contributed by atoms with E-state index < -0.39 is 0 Å². The number of aliphatic hydroxyl groups is 1. The van der Waals surface area contributed by atoms with Crippen molar-refractivity contribution < 1.29 is 26.9 Å². The molecule has 2 unspecified atom stereocenters. The van der Waals surface area contributed by atoms with E-state index in [1.807, 2.05) is 0 Å². The van der Waals surface area contributed by atoms with Gasteiger partial charge in [0.1, 0.15) is 0 Å². The van der Waals surface area contributed by atoms with Crippen molar-refractivity contribution in [2.45, 2.75) is 85.9 Å². The van der Waals surface area contributed by atoms with Crippen molar-refractivity contribution in [3.63, 3.8) is 0 Å². The van der Waals surface area contributed by atoms with Crippen LogP contribution in [0.2, 0.25) is 8.37 Å². The number of hydrogen-bond acceptors (Lipinski definition) is 2. The Hall–Kier alpha value is 1.24. The van der Waals surface area contributed by atoms with Gasteiger partial charge < -0.3 is 14.9 Å². The third kappa shape index (κ3) is 15.5. The van der Waals surface area contributed by atoms with Gasteiger partial charge in [0.25, 0.3) is 0 Å². The molecule has 4 heteroatoms. The van der Waals surface area contributed by atoms with Crippen LogP contribution in [0.3, 0.4) is 0 Å². The number of unbranched alkanes of at least 4 members (excludes halogenated alkanes) is 1. The Labute approximate surface area is 174 Å². The fourth-order valence-electron chi connectivity index (χ4n) is 3.25. The third-order valence-electron chi connectivity index (χ3n) is 4.62. The number of aliphatic hydroxyl groups excluding tert-OH is 1. The van der Waals surface area contributed by atoms with E-state index in [-0.39, 0.29) is 59.7 Å². The molecule has 0 heterocycles. The minimum absolute atomic E-state index is 0. The molecule has 0 amide bonds. The maximum absolute atomic E-state index is 8.68. The molecule has 2 aliphatic rings. The Morgan fingerprint density at radius 3 is 2.12 bits per heavy atom. The van der Waals surface area contributed by atoms with E-state index in [2.05, 4.69) is 6.92 Å². The van der Waals surface area contributed by atoms with Crippen LogP contribution in [0.1, 0.15) is 77.6 Å². The van der Waals surface area contributed by atoms with E-state index in [0.717, 1.165) is 29.5 Å². The smallest absolute Gasteiger partial charge is 0.358 e. The molecule has 2 saturated carbocycles. The van der Waals surface area contributed by atoms with E-state index in [9.17, 15) is 0 Å². The first-order valence-corrected chi connectivity index (χ1v) is 13.0. The van der Waals surface area contributed by atoms with E-state index in [1.165, 1.54) is 64.2 Å². The summed E-state index contributed by atoms with van der Waals surface area (Å²) in [7, 11) is 0. The summed E-state index contributed by atoms with van der Waals surface area (Å²) in [4.78, 5) is 0. The van der Waals surface area contributed by atoms with Gasteiger partial charge in [-0.25, -0.2) is 0 Å². The molecule has 0 aliphatic heterocycles. The average molecular weight is 489 g/mol. The molecule has 2 radical (unpaired) electrons. The molecule has 1 N–H and O–H groups in total. The quantitative estimate of drug-likeness (QED) is 0.254. The van der Waals surface area contributed by atoms with Crippen molar-refractivity contribution in [1.29, 1.82) is 0 Å². The zero-order valence-corrected chi connectivity index (χ0v) is 20.4. The van der Waals surface area contributed by atoms with Crippen molar-refractivity contribution in [3.05, 3.63) is 14.9 Å². The molecule has 24 heavy (non-hydrogen) atoms. The van der Waals surface area contributed by atoms with Gasteiger partial charge in [-0.15, -0.1) is 0 Å². The Bertz CT molecular complexity index is 218. The first kappa shape index (κ1) is 30.0. The molecular weight excluding hydrogens is 447 g/mol. The predicted octanol–water partition coefficient (Wildman–Crippen LogP) is 5.75. The maximum atomic E-state index is 8.68. The van der Waals surface area contributed by atoms with E-state index in [0.29, 0.717) is 0 Å². The summed E-state index contributed by atoms with van der Waals surface area (Å²) in [5, 5.41) is 8.68. The first-order valence-electron chi connectivity index (χ1n) is 9.30.